The highest BCUT2D eigenvalue weighted by Gasteiger charge is 2.13. The highest BCUT2D eigenvalue weighted by atomic mass is 16.5. The summed E-state index contributed by atoms with van der Waals surface area (Å²) in [6, 6.07) is 15.4. The van der Waals surface area contributed by atoms with E-state index in [1.807, 2.05) is 49.4 Å². The normalized spacial score (nSPS) is 13.9. The number of amides is 1. The lowest BCUT2D eigenvalue weighted by Crippen LogP contribution is -2.18. The van der Waals surface area contributed by atoms with Crippen molar-refractivity contribution in [2.24, 2.45) is 5.10 Å². The summed E-state index contributed by atoms with van der Waals surface area (Å²) in [7, 11) is 1.62. The summed E-state index contributed by atoms with van der Waals surface area (Å²) in [6.07, 6.45) is 3.95. The number of nitrogens with zero attached hydrogens (tertiary/aromatic N) is 3. The van der Waals surface area contributed by atoms with Gasteiger partial charge in [-0.2, -0.15) is 5.10 Å². The number of ether oxygens (including phenoxy) is 1. The first-order valence-electron chi connectivity index (χ1n) is 9.36. The number of nitrogens with one attached hydrogen (secondary N) is 1. The van der Waals surface area contributed by atoms with Gasteiger partial charge in [0.05, 0.1) is 12.8 Å². The van der Waals surface area contributed by atoms with Crippen LogP contribution in [-0.2, 0) is 4.79 Å². The molecule has 6 heteroatoms. The molecule has 1 aliphatic rings. The molecule has 0 aliphatic carbocycles. The first-order chi connectivity index (χ1) is 13.6. The van der Waals surface area contributed by atoms with Crippen molar-refractivity contribution in [1.82, 2.24) is 0 Å². The van der Waals surface area contributed by atoms with Crippen LogP contribution in [-0.4, -0.2) is 32.8 Å². The molecule has 28 heavy (non-hydrogen) atoms. The molecule has 1 amide bonds. The third-order valence-corrected chi connectivity index (χ3v) is 4.72. The van der Waals surface area contributed by atoms with Crippen LogP contribution < -0.4 is 20.0 Å². The molecular weight excluding hydrogens is 352 g/mol. The number of benzene rings is 2. The van der Waals surface area contributed by atoms with E-state index in [2.05, 4.69) is 28.1 Å². The number of carbonyl (C=O) groups is 1. The fraction of sp³-hybridized carbons (Fsp3) is 0.273. The minimum atomic E-state index is -0.210. The zero-order chi connectivity index (χ0) is 19.9. The summed E-state index contributed by atoms with van der Waals surface area (Å²) >= 11 is 0. The maximum absolute atomic E-state index is 12.5. The van der Waals surface area contributed by atoms with Crippen molar-refractivity contribution in [2.45, 2.75) is 19.8 Å². The molecule has 0 radical (unpaired) electrons. The molecule has 1 saturated heterocycles. The number of hydrogen-bond acceptors (Lipinski definition) is 5. The maximum Gasteiger partial charge on any atom is 0.250 e. The van der Waals surface area contributed by atoms with Gasteiger partial charge in [0.15, 0.2) is 0 Å². The van der Waals surface area contributed by atoms with E-state index in [1.165, 1.54) is 18.9 Å². The number of allylic oxidation sites excluding steroid dienone is 1. The number of hydrazone groups is 1. The zero-order valence-electron chi connectivity index (χ0n) is 16.4. The van der Waals surface area contributed by atoms with Crippen molar-refractivity contribution in [3.05, 3.63) is 60.3 Å². The molecule has 0 spiro atoms. The van der Waals surface area contributed by atoms with Gasteiger partial charge in [0, 0.05) is 43.0 Å². The molecule has 2 aromatic rings. The second-order valence-electron chi connectivity index (χ2n) is 6.67. The molecular formula is C22H26N4O2. The molecule has 2 aromatic carbocycles. The fourth-order valence-corrected chi connectivity index (χ4v) is 3.31. The zero-order valence-corrected chi connectivity index (χ0v) is 16.4. The third-order valence-electron chi connectivity index (χ3n) is 4.72. The van der Waals surface area contributed by atoms with Gasteiger partial charge in [-0.15, -0.1) is 0 Å². The molecule has 0 aromatic heterocycles. The molecule has 1 fully saturated rings. The Morgan fingerprint density at radius 3 is 2.57 bits per heavy atom. The monoisotopic (exact) mass is 378 g/mol. The lowest BCUT2D eigenvalue weighted by atomic mass is 10.2. The van der Waals surface area contributed by atoms with Crippen LogP contribution in [0.2, 0.25) is 0 Å². The highest BCUT2D eigenvalue weighted by Crippen LogP contribution is 2.24. The van der Waals surface area contributed by atoms with Crippen molar-refractivity contribution in [3.8, 4) is 5.75 Å². The van der Waals surface area contributed by atoms with Gasteiger partial charge in [-0.3, -0.25) is 4.79 Å². The Kier molecular flexibility index (Phi) is 6.32. The standard InChI is InChI=1S/C22H26N4O2/c1-17(26(23-2)19-9-11-21(28-3)12-10-19)15-22(27)24-18-7-6-8-20(16-18)25-13-4-5-14-25/h6-12,15-16H,2,4-5,13-14H2,1,3H3,(H,24,27). The number of methoxy groups -OCH3 is 1. The second kappa shape index (κ2) is 9.08. The Morgan fingerprint density at radius 2 is 1.93 bits per heavy atom. The van der Waals surface area contributed by atoms with Crippen LogP contribution in [0.25, 0.3) is 0 Å². The lowest BCUT2D eigenvalue weighted by molar-refractivity contribution is -0.112. The average Bonchev–Trinajstić information content (AvgIpc) is 3.24. The van der Waals surface area contributed by atoms with Gasteiger partial charge >= 0.3 is 0 Å². The highest BCUT2D eigenvalue weighted by molar-refractivity contribution is 6.00. The molecule has 0 saturated carbocycles. The van der Waals surface area contributed by atoms with Crippen LogP contribution >= 0.6 is 0 Å². The molecule has 0 bridgehead atoms. The van der Waals surface area contributed by atoms with Crippen molar-refractivity contribution in [2.75, 3.05) is 35.4 Å². The van der Waals surface area contributed by atoms with Crippen LogP contribution in [0.3, 0.4) is 0 Å². The Morgan fingerprint density at radius 1 is 1.21 bits per heavy atom. The van der Waals surface area contributed by atoms with Crippen molar-refractivity contribution >= 4 is 29.7 Å². The van der Waals surface area contributed by atoms with Crippen LogP contribution in [0, 0.1) is 0 Å². The summed E-state index contributed by atoms with van der Waals surface area (Å²) in [5.41, 5.74) is 3.38. The van der Waals surface area contributed by atoms with E-state index in [0.717, 1.165) is 35.9 Å². The second-order valence-corrected chi connectivity index (χ2v) is 6.67. The molecule has 3 rings (SSSR count). The summed E-state index contributed by atoms with van der Waals surface area (Å²) in [5.74, 6) is 0.545. The number of carbonyl (C=O) groups excluding carboxylic acids is 1. The summed E-state index contributed by atoms with van der Waals surface area (Å²) in [5, 5.41) is 8.57. The Labute approximate surface area is 166 Å². The number of hydrogen-bond donors (Lipinski definition) is 1. The number of rotatable bonds is 7. The fourth-order valence-electron chi connectivity index (χ4n) is 3.31. The largest absolute Gasteiger partial charge is 0.497 e. The Bertz CT molecular complexity index is 855. The lowest BCUT2D eigenvalue weighted by Gasteiger charge is -2.20. The van der Waals surface area contributed by atoms with Gasteiger partial charge in [-0.1, -0.05) is 6.07 Å². The molecule has 146 valence electrons. The van der Waals surface area contributed by atoms with Gasteiger partial charge in [0.2, 0.25) is 5.91 Å². The van der Waals surface area contributed by atoms with E-state index in [0.29, 0.717) is 5.70 Å². The maximum atomic E-state index is 12.5. The minimum absolute atomic E-state index is 0.210. The third kappa shape index (κ3) is 4.71. The van der Waals surface area contributed by atoms with Crippen molar-refractivity contribution in [3.63, 3.8) is 0 Å². The topological polar surface area (TPSA) is 57.2 Å². The Hall–Kier alpha value is -3.28. The Balaban J connectivity index is 1.70. The summed E-state index contributed by atoms with van der Waals surface area (Å²) in [4.78, 5) is 14.8. The van der Waals surface area contributed by atoms with E-state index in [-0.39, 0.29) is 5.91 Å². The summed E-state index contributed by atoms with van der Waals surface area (Å²) in [6.45, 7) is 7.57. The smallest absolute Gasteiger partial charge is 0.250 e. The van der Waals surface area contributed by atoms with E-state index in [9.17, 15) is 4.79 Å². The van der Waals surface area contributed by atoms with Crippen LogP contribution in [0.4, 0.5) is 17.1 Å². The van der Waals surface area contributed by atoms with Crippen LogP contribution in [0.15, 0.2) is 65.4 Å². The first-order valence-corrected chi connectivity index (χ1v) is 9.36. The molecule has 1 aliphatic heterocycles. The SMILES string of the molecule is C=NN(C(C)=CC(=O)Nc1cccc(N2CCCC2)c1)c1ccc(OC)cc1. The van der Waals surface area contributed by atoms with Gasteiger partial charge in [0.25, 0.3) is 0 Å². The van der Waals surface area contributed by atoms with Crippen molar-refractivity contribution in [1.29, 1.82) is 0 Å². The van der Waals surface area contributed by atoms with E-state index in [1.54, 1.807) is 12.1 Å². The molecule has 0 unspecified atom stereocenters. The van der Waals surface area contributed by atoms with Gasteiger partial charge in [-0.25, -0.2) is 5.01 Å². The van der Waals surface area contributed by atoms with E-state index < -0.39 is 0 Å². The van der Waals surface area contributed by atoms with Gasteiger partial charge in [-0.05, 0) is 62.2 Å². The molecule has 6 nitrogen and oxygen atoms in total. The van der Waals surface area contributed by atoms with Gasteiger partial charge < -0.3 is 15.0 Å². The predicted molar refractivity (Wildman–Crippen MR) is 115 cm³/mol. The van der Waals surface area contributed by atoms with Crippen LogP contribution in [0.1, 0.15) is 19.8 Å². The van der Waals surface area contributed by atoms with Gasteiger partial charge in [0.1, 0.15) is 5.75 Å². The summed E-state index contributed by atoms with van der Waals surface area (Å²) < 4.78 is 5.17. The van der Waals surface area contributed by atoms with E-state index in [4.69, 9.17) is 4.74 Å². The molecule has 1 heterocycles. The number of anilines is 3. The van der Waals surface area contributed by atoms with Crippen molar-refractivity contribution < 1.29 is 9.53 Å². The van der Waals surface area contributed by atoms with E-state index >= 15 is 0 Å². The van der Waals surface area contributed by atoms with Crippen LogP contribution in [0.5, 0.6) is 5.75 Å². The molecule has 0 atom stereocenters. The first kappa shape index (κ1) is 19.5. The molecule has 1 N–H and O–H groups in total. The minimum Gasteiger partial charge on any atom is -0.497 e. The average molecular weight is 378 g/mol. The predicted octanol–water partition coefficient (Wildman–Crippen LogP) is 4.26. The quantitative estimate of drug-likeness (QED) is 0.444.